The summed E-state index contributed by atoms with van der Waals surface area (Å²) in [5, 5.41) is 7.38. The van der Waals surface area contributed by atoms with E-state index in [0.717, 1.165) is 18.4 Å². The molecule has 0 fully saturated rings. The number of hydrogen-bond donors (Lipinski definition) is 1. The molecule has 4 aromatic rings. The lowest BCUT2D eigenvalue weighted by Crippen LogP contribution is -2.33. The number of nitrogens with one attached hydrogen (secondary N) is 1. The summed E-state index contributed by atoms with van der Waals surface area (Å²) in [7, 11) is 0. The van der Waals surface area contributed by atoms with E-state index in [1.54, 1.807) is 28.9 Å². The zero-order chi connectivity index (χ0) is 18.6. The van der Waals surface area contributed by atoms with E-state index >= 15 is 0 Å². The van der Waals surface area contributed by atoms with Gasteiger partial charge in [-0.3, -0.25) is 14.2 Å². The van der Waals surface area contributed by atoms with E-state index in [1.165, 1.54) is 17.2 Å². The molecule has 3 aromatic heterocycles. The van der Waals surface area contributed by atoms with Gasteiger partial charge in [0.25, 0.3) is 11.3 Å². The van der Waals surface area contributed by atoms with Crippen LogP contribution in [0.25, 0.3) is 16.7 Å². The molecule has 0 saturated carbocycles. The van der Waals surface area contributed by atoms with Crippen molar-refractivity contribution in [2.24, 2.45) is 0 Å². The molecule has 0 radical (unpaired) electrons. The first kappa shape index (κ1) is 16.8. The number of fused-ring (bicyclic) bond motifs is 2. The van der Waals surface area contributed by atoms with Crippen LogP contribution in [0.4, 0.5) is 0 Å². The summed E-state index contributed by atoms with van der Waals surface area (Å²) in [5.41, 5.74) is 1.41. The Labute approximate surface area is 153 Å². The predicted octanol–water partition coefficient (Wildman–Crippen LogP) is 0.583. The van der Waals surface area contributed by atoms with Gasteiger partial charge < -0.3 is 5.32 Å². The van der Waals surface area contributed by atoms with Crippen LogP contribution < -0.4 is 10.9 Å². The highest BCUT2D eigenvalue weighted by molar-refractivity contribution is 5.78. The van der Waals surface area contributed by atoms with Crippen LogP contribution in [0, 0.1) is 0 Å². The Hall–Kier alpha value is -3.62. The number of amides is 1. The third kappa shape index (κ3) is 3.66. The average Bonchev–Trinajstić information content (AvgIpc) is 3.15. The lowest BCUT2D eigenvalue weighted by molar-refractivity contribution is -0.121. The monoisotopic (exact) mass is 363 g/mol. The normalized spacial score (nSPS) is 11.1. The van der Waals surface area contributed by atoms with Gasteiger partial charge >= 0.3 is 0 Å². The Morgan fingerprint density at radius 1 is 1.15 bits per heavy atom. The van der Waals surface area contributed by atoms with Crippen molar-refractivity contribution in [3.8, 4) is 0 Å². The van der Waals surface area contributed by atoms with Gasteiger partial charge in [0.1, 0.15) is 12.9 Å². The highest BCUT2D eigenvalue weighted by Crippen LogP contribution is 2.05. The number of para-hydroxylation sites is 1. The first-order valence-corrected chi connectivity index (χ1v) is 8.56. The van der Waals surface area contributed by atoms with Crippen LogP contribution in [0.15, 0.2) is 54.1 Å². The van der Waals surface area contributed by atoms with Gasteiger partial charge in [-0.05, 0) is 30.5 Å². The van der Waals surface area contributed by atoms with Crippen molar-refractivity contribution in [2.75, 3.05) is 6.54 Å². The van der Waals surface area contributed by atoms with E-state index in [0.29, 0.717) is 23.2 Å². The third-order valence-electron chi connectivity index (χ3n) is 4.20. The van der Waals surface area contributed by atoms with Gasteiger partial charge in [-0.25, -0.2) is 14.5 Å². The Bertz CT molecular complexity index is 1170. The summed E-state index contributed by atoms with van der Waals surface area (Å²) < 4.78 is 2.94. The Morgan fingerprint density at radius 3 is 2.96 bits per heavy atom. The van der Waals surface area contributed by atoms with Crippen molar-refractivity contribution in [1.82, 2.24) is 34.4 Å². The fourth-order valence-corrected chi connectivity index (χ4v) is 2.84. The first-order valence-electron chi connectivity index (χ1n) is 8.56. The van der Waals surface area contributed by atoms with Gasteiger partial charge in [-0.1, -0.05) is 12.1 Å². The van der Waals surface area contributed by atoms with Crippen LogP contribution in [0.5, 0.6) is 0 Å². The maximum atomic E-state index is 12.4. The average molecular weight is 363 g/mol. The highest BCUT2D eigenvalue weighted by atomic mass is 16.2. The molecule has 136 valence electrons. The molecule has 9 nitrogen and oxygen atoms in total. The van der Waals surface area contributed by atoms with Crippen LogP contribution >= 0.6 is 0 Å². The maximum Gasteiger partial charge on any atom is 0.261 e. The standard InChI is InChI=1S/C18H17N7O2/c26-16(10-24-12-22-15-6-2-1-5-14(15)17(24)27)19-7-3-4-13-8-20-18-21-11-23-25(18)9-13/h1-2,5-6,8-9,11-12H,3-4,7,10H2,(H,19,26). The van der Waals surface area contributed by atoms with Crippen LogP contribution in [-0.2, 0) is 17.8 Å². The molecule has 1 N–H and O–H groups in total. The Morgan fingerprint density at radius 2 is 2.04 bits per heavy atom. The summed E-state index contributed by atoms with van der Waals surface area (Å²) in [5.74, 6) is 0.334. The van der Waals surface area contributed by atoms with Gasteiger partial charge in [-0.2, -0.15) is 10.1 Å². The van der Waals surface area contributed by atoms with Crippen molar-refractivity contribution in [2.45, 2.75) is 19.4 Å². The van der Waals surface area contributed by atoms with E-state index in [1.807, 2.05) is 12.3 Å². The molecule has 3 heterocycles. The molecule has 0 unspecified atom stereocenters. The van der Waals surface area contributed by atoms with Crippen molar-refractivity contribution in [3.63, 3.8) is 0 Å². The highest BCUT2D eigenvalue weighted by Gasteiger charge is 2.07. The van der Waals surface area contributed by atoms with E-state index in [9.17, 15) is 9.59 Å². The molecule has 0 spiro atoms. The van der Waals surface area contributed by atoms with Gasteiger partial charge in [0.05, 0.1) is 17.2 Å². The van der Waals surface area contributed by atoms with Crippen LogP contribution in [-0.4, -0.2) is 41.6 Å². The lowest BCUT2D eigenvalue weighted by Gasteiger charge is -2.08. The molecular weight excluding hydrogens is 346 g/mol. The number of rotatable bonds is 6. The number of nitrogens with zero attached hydrogens (tertiary/aromatic N) is 6. The minimum Gasteiger partial charge on any atom is -0.355 e. The fourth-order valence-electron chi connectivity index (χ4n) is 2.84. The summed E-state index contributed by atoms with van der Waals surface area (Å²) in [6.45, 7) is 0.452. The van der Waals surface area contributed by atoms with Crippen molar-refractivity contribution < 1.29 is 4.79 Å². The summed E-state index contributed by atoms with van der Waals surface area (Å²) in [6, 6.07) is 7.08. The largest absolute Gasteiger partial charge is 0.355 e. The van der Waals surface area contributed by atoms with Crippen LogP contribution in [0.1, 0.15) is 12.0 Å². The molecule has 27 heavy (non-hydrogen) atoms. The minimum atomic E-state index is -0.223. The number of carbonyl (C=O) groups is 1. The quantitative estimate of drug-likeness (QED) is 0.502. The predicted molar refractivity (Wildman–Crippen MR) is 98.1 cm³/mol. The molecule has 1 aromatic carbocycles. The van der Waals surface area contributed by atoms with E-state index < -0.39 is 0 Å². The van der Waals surface area contributed by atoms with Gasteiger partial charge in [0.2, 0.25) is 5.91 Å². The molecule has 0 aliphatic rings. The molecule has 0 bridgehead atoms. The minimum absolute atomic E-state index is 0.0524. The number of aromatic nitrogens is 6. The van der Waals surface area contributed by atoms with Gasteiger partial charge in [0.15, 0.2) is 0 Å². The summed E-state index contributed by atoms with van der Waals surface area (Å²) in [4.78, 5) is 36.9. The van der Waals surface area contributed by atoms with Crippen molar-refractivity contribution in [1.29, 1.82) is 0 Å². The van der Waals surface area contributed by atoms with Gasteiger partial charge in [0, 0.05) is 18.9 Å². The van der Waals surface area contributed by atoms with E-state index in [4.69, 9.17) is 0 Å². The summed E-state index contributed by atoms with van der Waals surface area (Å²) in [6.07, 6.45) is 7.99. The fraction of sp³-hybridized carbons (Fsp3) is 0.222. The SMILES string of the molecule is O=C(Cn1cnc2ccccc2c1=O)NCCCc1cnc2ncnn2c1. The molecule has 0 aliphatic carbocycles. The lowest BCUT2D eigenvalue weighted by atomic mass is 10.2. The molecule has 9 heteroatoms. The molecule has 0 atom stereocenters. The molecule has 0 saturated heterocycles. The Kier molecular flexibility index (Phi) is 4.56. The zero-order valence-electron chi connectivity index (χ0n) is 14.4. The Balaban J connectivity index is 1.31. The number of carbonyl (C=O) groups excluding carboxylic acids is 1. The van der Waals surface area contributed by atoms with Crippen molar-refractivity contribution >= 4 is 22.6 Å². The third-order valence-corrected chi connectivity index (χ3v) is 4.20. The van der Waals surface area contributed by atoms with E-state index in [-0.39, 0.29) is 18.0 Å². The first-order chi connectivity index (χ1) is 13.2. The molecule has 4 rings (SSSR count). The van der Waals surface area contributed by atoms with Crippen molar-refractivity contribution in [3.05, 3.63) is 65.2 Å². The molecule has 0 aliphatic heterocycles. The molecule has 1 amide bonds. The second kappa shape index (κ2) is 7.32. The van der Waals surface area contributed by atoms with Gasteiger partial charge in [-0.15, -0.1) is 0 Å². The zero-order valence-corrected chi connectivity index (χ0v) is 14.4. The van der Waals surface area contributed by atoms with Crippen LogP contribution in [0.3, 0.4) is 0 Å². The topological polar surface area (TPSA) is 107 Å². The second-order valence-corrected chi connectivity index (χ2v) is 6.12. The van der Waals surface area contributed by atoms with E-state index in [2.05, 4.69) is 25.4 Å². The number of aryl methyl sites for hydroxylation is 1. The smallest absolute Gasteiger partial charge is 0.261 e. The summed E-state index contributed by atoms with van der Waals surface area (Å²) >= 11 is 0. The number of benzene rings is 1. The maximum absolute atomic E-state index is 12.4. The molecular formula is C18H17N7O2. The van der Waals surface area contributed by atoms with Crippen LogP contribution in [0.2, 0.25) is 0 Å². The second-order valence-electron chi connectivity index (χ2n) is 6.12. The number of hydrogen-bond acceptors (Lipinski definition) is 6.